The maximum Gasteiger partial charge on any atom is 0.286 e. The van der Waals surface area contributed by atoms with Gasteiger partial charge in [-0.25, -0.2) is 23.2 Å². The van der Waals surface area contributed by atoms with Gasteiger partial charge in [0, 0.05) is 30.5 Å². The van der Waals surface area contributed by atoms with Crippen molar-refractivity contribution in [3.8, 4) is 17.7 Å². The van der Waals surface area contributed by atoms with E-state index in [1.807, 2.05) is 151 Å². The summed E-state index contributed by atoms with van der Waals surface area (Å²) in [6.07, 6.45) is 3.09. The number of aliphatic imine (C=N–C) groups is 2. The quantitative estimate of drug-likeness (QED) is 0.0987. The standard InChI is InChI=1S/C8H18O2S.C8H18OS.2C5H9NO.2C5H9NS.C5H9N/c1-7(2,3)11(9,10)8(4,5)6;1-7(2,3)10(9)8(4,5)6;1-5(2,3)7-4-6;1-5(2,3)6-4-7;1-5(2,3)7-4-6;1-5(2,3)6-4-7;1-5(2,3)4-6/h1-6H3;1-6H3;4*1-3H3;1-3H3. The molecular weight excluding hydrogens is 771 g/mol. The SMILES string of the molecule is CC(C)(C)C#N.CC(C)(C)N=C=O.CC(C)(C)N=C=S.CC(C)(C)OC#N.CC(C)(C)S(=O)(=O)C(C)(C)C.CC(C)(C)S(=O)C(C)(C)C.CC(C)(C)SC#N. The molecule has 0 N–H and O–H groups in total. The summed E-state index contributed by atoms with van der Waals surface area (Å²) >= 11 is 5.68. The lowest BCUT2D eigenvalue weighted by atomic mass is 10.0. The van der Waals surface area contributed by atoms with Crippen molar-refractivity contribution in [3.63, 3.8) is 0 Å². The molecule has 0 rings (SSSR count). The average molecular weight is 852 g/mol. The van der Waals surface area contributed by atoms with E-state index in [0.717, 1.165) is 0 Å². The predicted molar refractivity (Wildman–Crippen MR) is 243 cm³/mol. The highest BCUT2D eigenvalue weighted by Gasteiger charge is 2.39. The lowest BCUT2D eigenvalue weighted by Gasteiger charge is -2.29. The number of isothiocyanates is 1. The Morgan fingerprint density at radius 3 is 0.891 bits per heavy atom. The molecule has 0 amide bonds. The lowest BCUT2D eigenvalue weighted by Crippen LogP contribution is -2.41. The van der Waals surface area contributed by atoms with Gasteiger partial charge >= 0.3 is 0 Å². The van der Waals surface area contributed by atoms with Crippen LogP contribution in [0.3, 0.4) is 0 Å². The fourth-order valence-corrected chi connectivity index (χ4v) is 6.61. The molecule has 0 saturated heterocycles. The van der Waals surface area contributed by atoms with Crippen LogP contribution in [0, 0.1) is 38.9 Å². The molecule has 14 heteroatoms. The maximum atomic E-state index is 11.7. The van der Waals surface area contributed by atoms with E-state index in [-0.39, 0.29) is 36.3 Å². The van der Waals surface area contributed by atoms with Crippen molar-refractivity contribution in [2.45, 2.75) is 227 Å². The van der Waals surface area contributed by atoms with E-state index in [4.69, 9.17) is 15.8 Å². The molecule has 0 aromatic rings. The first-order valence-electron chi connectivity index (χ1n) is 17.9. The molecule has 0 bridgehead atoms. The van der Waals surface area contributed by atoms with Crippen LogP contribution in [0.5, 0.6) is 0 Å². The number of thioether (sulfide) groups is 1. The predicted octanol–water partition coefficient (Wildman–Crippen LogP) is 12.2. The number of hydrogen-bond acceptors (Lipinski definition) is 12. The molecule has 0 saturated carbocycles. The molecule has 0 radical (unpaired) electrons. The molecule has 0 aliphatic heterocycles. The maximum absolute atomic E-state index is 11.7. The summed E-state index contributed by atoms with van der Waals surface area (Å²) in [7, 11) is -3.77. The Hall–Kier alpha value is -2.10. The number of thiocarbonyl (C=S) groups is 1. The van der Waals surface area contributed by atoms with Crippen molar-refractivity contribution in [3.05, 3.63) is 0 Å². The van der Waals surface area contributed by atoms with Crippen molar-refractivity contribution >= 4 is 55.9 Å². The van der Waals surface area contributed by atoms with E-state index in [9.17, 15) is 17.4 Å². The van der Waals surface area contributed by atoms with Crippen LogP contribution in [0.2, 0.25) is 0 Å². The molecule has 0 atom stereocenters. The minimum atomic E-state index is -3.01. The minimum Gasteiger partial charge on any atom is -0.422 e. The van der Waals surface area contributed by atoms with Gasteiger partial charge in [0.25, 0.3) is 6.26 Å². The van der Waals surface area contributed by atoms with Crippen LogP contribution in [0.4, 0.5) is 0 Å². The van der Waals surface area contributed by atoms with Crippen LogP contribution in [0.25, 0.3) is 0 Å². The van der Waals surface area contributed by atoms with Crippen LogP contribution in [0.15, 0.2) is 9.98 Å². The van der Waals surface area contributed by atoms with Gasteiger partial charge in [-0.2, -0.15) is 15.8 Å². The van der Waals surface area contributed by atoms with E-state index in [0.29, 0.717) is 0 Å². The Labute approximate surface area is 352 Å². The van der Waals surface area contributed by atoms with Crippen LogP contribution in [-0.2, 0) is 30.2 Å². The normalized spacial score (nSPS) is 11.9. The van der Waals surface area contributed by atoms with Gasteiger partial charge in [0.2, 0.25) is 6.08 Å². The fraction of sp³-hybridized carbons (Fsp3) is 0.878. The van der Waals surface area contributed by atoms with Crippen LogP contribution >= 0.6 is 24.0 Å². The molecule has 0 fully saturated rings. The zero-order valence-corrected chi connectivity index (χ0v) is 43.2. The fourth-order valence-electron chi connectivity index (χ4n) is 2.38. The van der Waals surface area contributed by atoms with Crippen molar-refractivity contribution in [1.82, 2.24) is 0 Å². The topological polar surface area (TPSA) is 174 Å². The summed E-state index contributed by atoms with van der Waals surface area (Å²) in [5.41, 5.74) is -0.752. The second-order valence-electron chi connectivity index (χ2n) is 20.9. The second-order valence-corrected chi connectivity index (χ2v) is 29.2. The molecule has 0 aliphatic carbocycles. The first-order chi connectivity index (χ1) is 23.5. The van der Waals surface area contributed by atoms with E-state index in [1.54, 1.807) is 47.8 Å². The number of nitrogens with zero attached hydrogens (tertiary/aromatic N) is 5. The monoisotopic (exact) mass is 852 g/mol. The van der Waals surface area contributed by atoms with E-state index >= 15 is 0 Å². The highest BCUT2D eigenvalue weighted by Crippen LogP contribution is 2.28. The Morgan fingerprint density at radius 2 is 0.891 bits per heavy atom. The van der Waals surface area contributed by atoms with E-state index in [1.165, 1.54) is 17.8 Å². The largest absolute Gasteiger partial charge is 0.422 e. The molecule has 55 heavy (non-hydrogen) atoms. The van der Waals surface area contributed by atoms with Gasteiger partial charge in [-0.3, -0.25) is 4.21 Å². The van der Waals surface area contributed by atoms with Gasteiger partial charge in [0.05, 0.1) is 31.8 Å². The number of isocyanates is 1. The number of carbonyl (C=O) groups excluding carboxylic acids is 1. The van der Waals surface area contributed by atoms with Gasteiger partial charge in [0.15, 0.2) is 9.84 Å². The molecule has 0 aromatic heterocycles. The summed E-state index contributed by atoms with van der Waals surface area (Å²) in [6, 6.07) is 2.10. The summed E-state index contributed by atoms with van der Waals surface area (Å²) in [4.78, 5) is 16.8. The molecule has 0 aromatic carbocycles. The lowest BCUT2D eigenvalue weighted by molar-refractivity contribution is 0.0920. The van der Waals surface area contributed by atoms with Crippen LogP contribution < -0.4 is 0 Å². The third-order valence-electron chi connectivity index (χ3n) is 4.53. The molecular formula is C41H81N5O5S4. The van der Waals surface area contributed by atoms with Gasteiger partial charge in [-0.15, -0.1) is 0 Å². The Morgan fingerprint density at radius 1 is 0.600 bits per heavy atom. The minimum absolute atomic E-state index is 0.0399. The van der Waals surface area contributed by atoms with E-state index in [2.05, 4.69) is 38.2 Å². The summed E-state index contributed by atoms with van der Waals surface area (Å²) < 4.78 is 38.1. The third-order valence-corrected chi connectivity index (χ3v) is 10.8. The summed E-state index contributed by atoms with van der Waals surface area (Å²) in [5.74, 6) is 0. The molecule has 0 unspecified atom stereocenters. The zero-order chi connectivity index (χ0) is 46.9. The number of thiocyanates is 1. The van der Waals surface area contributed by atoms with Crippen molar-refractivity contribution < 1.29 is 22.2 Å². The van der Waals surface area contributed by atoms with Crippen LogP contribution in [-0.4, -0.2) is 64.3 Å². The van der Waals surface area contributed by atoms with E-state index < -0.39 is 30.1 Å². The highest BCUT2D eigenvalue weighted by molar-refractivity contribution is 8.04. The van der Waals surface area contributed by atoms with Crippen molar-refractivity contribution in [1.29, 1.82) is 15.8 Å². The van der Waals surface area contributed by atoms with Crippen molar-refractivity contribution in [2.24, 2.45) is 15.4 Å². The molecule has 324 valence electrons. The molecule has 0 spiro atoms. The first-order valence-corrected chi connectivity index (χ1v) is 21.7. The van der Waals surface area contributed by atoms with Gasteiger partial charge in [-0.05, 0) is 211 Å². The second kappa shape index (κ2) is 27.5. The number of ether oxygens (including phenoxy) is 1. The molecule has 10 nitrogen and oxygen atoms in total. The summed E-state index contributed by atoms with van der Waals surface area (Å²) in [6.45, 7) is 51.1. The highest BCUT2D eigenvalue weighted by atomic mass is 32.2. The Bertz CT molecular complexity index is 1320. The number of rotatable bonds is 0. The van der Waals surface area contributed by atoms with Crippen LogP contribution in [0.1, 0.15) is 187 Å². The third kappa shape index (κ3) is 58.8. The average Bonchev–Trinajstić information content (AvgIpc) is 2.85. The Balaban J connectivity index is -0.0000000988. The van der Waals surface area contributed by atoms with Gasteiger partial charge in [-0.1, -0.05) is 0 Å². The first kappa shape index (κ1) is 67.6. The number of hydrogen-bond donors (Lipinski definition) is 0. The van der Waals surface area contributed by atoms with Gasteiger partial charge < -0.3 is 4.74 Å². The van der Waals surface area contributed by atoms with Gasteiger partial charge in [0.1, 0.15) is 11.0 Å². The molecule has 0 heterocycles. The summed E-state index contributed by atoms with van der Waals surface area (Å²) in [5, 5.41) is 28.5. The number of sulfone groups is 1. The zero-order valence-electron chi connectivity index (χ0n) is 39.9. The molecule has 0 aliphatic rings. The number of nitriles is 3. The smallest absolute Gasteiger partial charge is 0.286 e. The Kier molecular flexibility index (Phi) is 33.8. The van der Waals surface area contributed by atoms with Crippen molar-refractivity contribution in [2.75, 3.05) is 0 Å².